The summed E-state index contributed by atoms with van der Waals surface area (Å²) in [5.41, 5.74) is 0.0486. The van der Waals surface area contributed by atoms with E-state index in [1.54, 1.807) is 16.9 Å². The fourth-order valence-corrected chi connectivity index (χ4v) is 3.09. The number of methoxy groups -OCH3 is 1. The van der Waals surface area contributed by atoms with E-state index in [1.807, 2.05) is 24.3 Å². The summed E-state index contributed by atoms with van der Waals surface area (Å²) < 4.78 is 5.11. The monoisotopic (exact) mass is 345 g/mol. The van der Waals surface area contributed by atoms with E-state index >= 15 is 0 Å². The maximum Gasteiger partial charge on any atom is 0.238 e. The number of benzene rings is 1. The molecule has 1 saturated heterocycles. The van der Waals surface area contributed by atoms with E-state index < -0.39 is 5.41 Å². The molecule has 0 spiro atoms. The number of hydrogen-bond donors (Lipinski definition) is 1. The van der Waals surface area contributed by atoms with Crippen LogP contribution >= 0.6 is 0 Å². The number of amides is 3. The Kier molecular flexibility index (Phi) is 4.92. The zero-order valence-electron chi connectivity index (χ0n) is 14.4. The number of carbonyl (C=O) groups excluding carboxylic acids is 3. The third kappa shape index (κ3) is 3.60. The molecule has 1 aliphatic heterocycles. The average Bonchev–Trinajstić information content (AvgIpc) is 3.48. The molecule has 1 saturated carbocycles. The van der Waals surface area contributed by atoms with Crippen molar-refractivity contribution in [3.8, 4) is 5.75 Å². The molecule has 134 valence electrons. The van der Waals surface area contributed by atoms with Gasteiger partial charge in [0.15, 0.2) is 0 Å². The van der Waals surface area contributed by atoms with E-state index in [0.717, 1.165) is 17.7 Å². The Bertz CT molecular complexity index is 647. The van der Waals surface area contributed by atoms with Crippen molar-refractivity contribution in [3.63, 3.8) is 0 Å². The minimum Gasteiger partial charge on any atom is -0.497 e. The molecule has 0 bridgehead atoms. The topological polar surface area (TPSA) is 79.0 Å². The van der Waals surface area contributed by atoms with Gasteiger partial charge in [0.25, 0.3) is 0 Å². The van der Waals surface area contributed by atoms with Crippen LogP contribution < -0.4 is 10.1 Å². The molecule has 2 fully saturated rings. The van der Waals surface area contributed by atoms with Gasteiger partial charge in [-0.05, 0) is 30.5 Å². The van der Waals surface area contributed by atoms with Crippen molar-refractivity contribution in [2.24, 2.45) is 5.41 Å². The van der Waals surface area contributed by atoms with Crippen LogP contribution in [0.1, 0.15) is 18.4 Å². The summed E-state index contributed by atoms with van der Waals surface area (Å²) in [7, 11) is 1.61. The molecular formula is C18H23N3O4. The van der Waals surface area contributed by atoms with Gasteiger partial charge in [-0.2, -0.15) is 0 Å². The van der Waals surface area contributed by atoms with Gasteiger partial charge in [-0.1, -0.05) is 12.1 Å². The van der Waals surface area contributed by atoms with Crippen LogP contribution in [-0.4, -0.2) is 61.3 Å². The lowest BCUT2D eigenvalue weighted by Crippen LogP contribution is -2.52. The van der Waals surface area contributed by atoms with Crippen molar-refractivity contribution in [2.75, 3.05) is 33.3 Å². The van der Waals surface area contributed by atoms with Gasteiger partial charge in [-0.15, -0.1) is 0 Å². The van der Waals surface area contributed by atoms with Gasteiger partial charge in [-0.25, -0.2) is 0 Å². The number of piperazine rings is 1. The van der Waals surface area contributed by atoms with Crippen LogP contribution in [0, 0.1) is 5.41 Å². The van der Waals surface area contributed by atoms with E-state index in [1.165, 1.54) is 0 Å². The van der Waals surface area contributed by atoms with E-state index in [4.69, 9.17) is 4.74 Å². The Morgan fingerprint density at radius 3 is 2.32 bits per heavy atom. The smallest absolute Gasteiger partial charge is 0.238 e. The van der Waals surface area contributed by atoms with Gasteiger partial charge in [0.1, 0.15) is 11.2 Å². The van der Waals surface area contributed by atoms with Crippen molar-refractivity contribution in [2.45, 2.75) is 19.4 Å². The summed E-state index contributed by atoms with van der Waals surface area (Å²) in [4.78, 5) is 39.5. The zero-order chi connectivity index (χ0) is 17.9. The Hall–Kier alpha value is -2.57. The molecule has 3 rings (SSSR count). The van der Waals surface area contributed by atoms with Crippen LogP contribution in [0.2, 0.25) is 0 Å². The highest BCUT2D eigenvalue weighted by Crippen LogP contribution is 2.47. The summed E-state index contributed by atoms with van der Waals surface area (Å²) in [6, 6.07) is 7.45. The highest BCUT2D eigenvalue weighted by Gasteiger charge is 2.58. The van der Waals surface area contributed by atoms with Crippen molar-refractivity contribution in [3.05, 3.63) is 29.8 Å². The quantitative estimate of drug-likeness (QED) is 0.598. The lowest BCUT2D eigenvalue weighted by atomic mass is 10.0. The first-order chi connectivity index (χ1) is 12.1. The van der Waals surface area contributed by atoms with Gasteiger partial charge in [0.05, 0.1) is 7.11 Å². The number of nitrogens with zero attached hydrogens (tertiary/aromatic N) is 2. The lowest BCUT2D eigenvalue weighted by molar-refractivity contribution is -0.146. The number of ether oxygens (including phenoxy) is 1. The van der Waals surface area contributed by atoms with Crippen molar-refractivity contribution >= 4 is 18.2 Å². The predicted molar refractivity (Wildman–Crippen MR) is 90.7 cm³/mol. The number of carbonyl (C=O) groups is 3. The van der Waals surface area contributed by atoms with Gasteiger partial charge >= 0.3 is 0 Å². The molecule has 2 aliphatic rings. The molecule has 0 aromatic heterocycles. The molecule has 0 unspecified atom stereocenters. The average molecular weight is 345 g/mol. The lowest BCUT2D eigenvalue weighted by Gasteiger charge is -2.34. The maximum absolute atomic E-state index is 12.8. The first kappa shape index (κ1) is 17.3. The highest BCUT2D eigenvalue weighted by molar-refractivity contribution is 6.07. The van der Waals surface area contributed by atoms with Crippen LogP contribution in [0.25, 0.3) is 0 Å². The highest BCUT2D eigenvalue weighted by atomic mass is 16.5. The molecule has 1 aliphatic carbocycles. The minimum absolute atomic E-state index is 0.106. The van der Waals surface area contributed by atoms with Crippen molar-refractivity contribution < 1.29 is 19.1 Å². The second-order valence-electron chi connectivity index (χ2n) is 6.55. The Morgan fingerprint density at radius 2 is 1.80 bits per heavy atom. The van der Waals surface area contributed by atoms with Crippen LogP contribution in [0.3, 0.4) is 0 Å². The number of rotatable bonds is 6. The van der Waals surface area contributed by atoms with Crippen LogP contribution in [-0.2, 0) is 20.9 Å². The SMILES string of the molecule is COc1ccc(CNC(=O)C2(C(=O)N3CCN(C=O)CC3)CC2)cc1. The third-order valence-corrected chi connectivity index (χ3v) is 4.96. The Balaban J connectivity index is 1.55. The van der Waals surface area contributed by atoms with E-state index in [2.05, 4.69) is 5.32 Å². The normalized spacial score (nSPS) is 18.4. The molecule has 1 aromatic carbocycles. The van der Waals surface area contributed by atoms with Gasteiger partial charge < -0.3 is 19.9 Å². The Morgan fingerprint density at radius 1 is 1.16 bits per heavy atom. The standard InChI is InChI=1S/C18H23N3O4/c1-25-15-4-2-14(3-5-15)12-19-16(23)18(6-7-18)17(24)21-10-8-20(13-22)9-11-21/h2-5,13H,6-12H2,1H3,(H,19,23). The molecule has 7 nitrogen and oxygen atoms in total. The molecular weight excluding hydrogens is 322 g/mol. The molecule has 0 radical (unpaired) electrons. The van der Waals surface area contributed by atoms with E-state index in [9.17, 15) is 14.4 Å². The molecule has 0 atom stereocenters. The fraction of sp³-hybridized carbons (Fsp3) is 0.500. The zero-order valence-corrected chi connectivity index (χ0v) is 14.4. The summed E-state index contributed by atoms with van der Waals surface area (Å²) in [6.45, 7) is 2.42. The summed E-state index contributed by atoms with van der Waals surface area (Å²) in [5.74, 6) is 0.454. The minimum atomic E-state index is -0.907. The van der Waals surface area contributed by atoms with E-state index in [0.29, 0.717) is 45.6 Å². The second-order valence-corrected chi connectivity index (χ2v) is 6.55. The van der Waals surface area contributed by atoms with Crippen LogP contribution in [0.4, 0.5) is 0 Å². The number of nitrogens with one attached hydrogen (secondary N) is 1. The first-order valence-corrected chi connectivity index (χ1v) is 8.49. The summed E-state index contributed by atoms with van der Waals surface area (Å²) in [5, 5.41) is 2.89. The predicted octanol–water partition coefficient (Wildman–Crippen LogP) is 0.392. The van der Waals surface area contributed by atoms with E-state index in [-0.39, 0.29) is 11.8 Å². The molecule has 1 N–H and O–H groups in total. The Labute approximate surface area is 146 Å². The maximum atomic E-state index is 12.8. The first-order valence-electron chi connectivity index (χ1n) is 8.49. The van der Waals surface area contributed by atoms with Gasteiger partial charge in [0, 0.05) is 32.7 Å². The molecule has 1 aromatic rings. The molecule has 25 heavy (non-hydrogen) atoms. The number of hydrogen-bond acceptors (Lipinski definition) is 4. The summed E-state index contributed by atoms with van der Waals surface area (Å²) in [6.07, 6.45) is 1.98. The molecule has 3 amide bonds. The van der Waals surface area contributed by atoms with Crippen LogP contribution in [0.5, 0.6) is 5.75 Å². The fourth-order valence-electron chi connectivity index (χ4n) is 3.09. The van der Waals surface area contributed by atoms with Crippen LogP contribution in [0.15, 0.2) is 24.3 Å². The van der Waals surface area contributed by atoms with Crippen molar-refractivity contribution in [1.29, 1.82) is 0 Å². The van der Waals surface area contributed by atoms with Gasteiger partial charge in [0.2, 0.25) is 18.2 Å². The van der Waals surface area contributed by atoms with Crippen molar-refractivity contribution in [1.82, 2.24) is 15.1 Å². The summed E-state index contributed by atoms with van der Waals surface area (Å²) >= 11 is 0. The second kappa shape index (κ2) is 7.13. The molecule has 1 heterocycles. The third-order valence-electron chi connectivity index (χ3n) is 4.96. The largest absolute Gasteiger partial charge is 0.497 e. The molecule has 7 heteroatoms. The van der Waals surface area contributed by atoms with Gasteiger partial charge in [-0.3, -0.25) is 14.4 Å².